The Hall–Kier alpha value is -1.28. The normalized spacial score (nSPS) is 12.2. The molecule has 0 aliphatic rings. The third-order valence-electron chi connectivity index (χ3n) is 2.20. The lowest BCUT2D eigenvalue weighted by atomic mass is 10.1. The molecule has 0 radical (unpaired) electrons. The zero-order valence-electron chi connectivity index (χ0n) is 9.36. The van der Waals surface area contributed by atoms with Gasteiger partial charge in [-0.2, -0.15) is 0 Å². The Bertz CT molecular complexity index is 329. The van der Waals surface area contributed by atoms with Crippen molar-refractivity contribution < 1.29 is 9.84 Å². The zero-order chi connectivity index (χ0) is 11.3. The molecule has 0 aliphatic heterocycles. The van der Waals surface area contributed by atoms with Crippen LogP contribution in [0.25, 0.3) is 0 Å². The summed E-state index contributed by atoms with van der Waals surface area (Å²) in [6.45, 7) is 7.99. The molecule has 1 atom stereocenters. The van der Waals surface area contributed by atoms with Crippen LogP contribution in [0.15, 0.2) is 30.9 Å². The highest BCUT2D eigenvalue weighted by Gasteiger charge is 2.08. The lowest BCUT2D eigenvalue weighted by Crippen LogP contribution is -2.01. The third kappa shape index (κ3) is 3.40. The van der Waals surface area contributed by atoms with Crippen molar-refractivity contribution in [3.63, 3.8) is 0 Å². The fraction of sp³-hybridized carbons (Fsp3) is 0.385. The number of aliphatic hydroxyl groups excluding tert-OH is 1. The number of aryl methyl sites for hydroxylation is 1. The molecule has 1 N–H and O–H groups in total. The standard InChI is InChI=1S/C13H18O2/c1-4-5-8-15-13-9-10(2)6-7-12(13)11(3)14/h4,6-7,9,11,14H,1,5,8H2,2-3H3/t11-/m0/s1. The molecule has 1 aromatic carbocycles. The van der Waals surface area contributed by atoms with Crippen molar-refractivity contribution in [3.8, 4) is 5.75 Å². The van der Waals surface area contributed by atoms with Crippen molar-refractivity contribution in [1.29, 1.82) is 0 Å². The number of ether oxygens (including phenoxy) is 1. The lowest BCUT2D eigenvalue weighted by molar-refractivity contribution is 0.191. The van der Waals surface area contributed by atoms with Crippen LogP contribution >= 0.6 is 0 Å². The van der Waals surface area contributed by atoms with Gasteiger partial charge in [-0.1, -0.05) is 18.2 Å². The van der Waals surface area contributed by atoms with Crippen molar-refractivity contribution in [2.75, 3.05) is 6.61 Å². The van der Waals surface area contributed by atoms with Gasteiger partial charge in [0.2, 0.25) is 0 Å². The fourth-order valence-electron chi connectivity index (χ4n) is 1.36. The van der Waals surface area contributed by atoms with Gasteiger partial charge in [0.25, 0.3) is 0 Å². The van der Waals surface area contributed by atoms with Crippen molar-refractivity contribution >= 4 is 0 Å². The van der Waals surface area contributed by atoms with Crippen molar-refractivity contribution in [1.82, 2.24) is 0 Å². The van der Waals surface area contributed by atoms with Crippen LogP contribution in [-0.2, 0) is 0 Å². The molecular formula is C13H18O2. The van der Waals surface area contributed by atoms with E-state index < -0.39 is 6.10 Å². The molecule has 1 rings (SSSR count). The predicted octanol–water partition coefficient (Wildman–Crippen LogP) is 3.00. The Balaban J connectivity index is 2.82. The Kier molecular flexibility index (Phi) is 4.37. The minimum absolute atomic E-state index is 0.496. The summed E-state index contributed by atoms with van der Waals surface area (Å²) in [7, 11) is 0. The van der Waals surface area contributed by atoms with E-state index in [1.807, 2.05) is 31.2 Å². The number of rotatable bonds is 5. The highest BCUT2D eigenvalue weighted by molar-refractivity contribution is 5.38. The molecule has 15 heavy (non-hydrogen) atoms. The second-order valence-electron chi connectivity index (χ2n) is 3.64. The van der Waals surface area contributed by atoms with Crippen LogP contribution in [0.4, 0.5) is 0 Å². The summed E-state index contributed by atoms with van der Waals surface area (Å²) in [5, 5.41) is 9.55. The Labute approximate surface area is 91.2 Å². The van der Waals surface area contributed by atoms with E-state index in [9.17, 15) is 5.11 Å². The molecule has 2 heteroatoms. The van der Waals surface area contributed by atoms with Crippen molar-refractivity contribution in [3.05, 3.63) is 42.0 Å². The van der Waals surface area contributed by atoms with Gasteiger partial charge in [0, 0.05) is 5.56 Å². The van der Waals surface area contributed by atoms with Crippen molar-refractivity contribution in [2.24, 2.45) is 0 Å². The second-order valence-corrected chi connectivity index (χ2v) is 3.64. The van der Waals surface area contributed by atoms with Crippen LogP contribution in [0, 0.1) is 6.92 Å². The number of benzene rings is 1. The molecule has 0 aliphatic carbocycles. The molecule has 82 valence electrons. The average molecular weight is 206 g/mol. The van der Waals surface area contributed by atoms with Gasteiger partial charge < -0.3 is 9.84 Å². The van der Waals surface area contributed by atoms with E-state index in [1.54, 1.807) is 6.92 Å². The minimum Gasteiger partial charge on any atom is -0.493 e. The summed E-state index contributed by atoms with van der Waals surface area (Å²) in [4.78, 5) is 0. The molecular weight excluding hydrogens is 188 g/mol. The van der Waals surface area contributed by atoms with Crippen LogP contribution < -0.4 is 4.74 Å². The van der Waals surface area contributed by atoms with Gasteiger partial charge in [0.05, 0.1) is 12.7 Å². The van der Waals surface area contributed by atoms with Crippen LogP contribution in [-0.4, -0.2) is 11.7 Å². The highest BCUT2D eigenvalue weighted by Crippen LogP contribution is 2.26. The summed E-state index contributed by atoms with van der Waals surface area (Å²) in [6.07, 6.45) is 2.13. The smallest absolute Gasteiger partial charge is 0.125 e. The largest absolute Gasteiger partial charge is 0.493 e. The van der Waals surface area contributed by atoms with Gasteiger partial charge >= 0.3 is 0 Å². The SMILES string of the molecule is C=CCCOc1cc(C)ccc1[C@H](C)O. The van der Waals surface area contributed by atoms with E-state index in [1.165, 1.54) is 0 Å². The van der Waals surface area contributed by atoms with E-state index in [0.29, 0.717) is 6.61 Å². The van der Waals surface area contributed by atoms with Crippen molar-refractivity contribution in [2.45, 2.75) is 26.4 Å². The van der Waals surface area contributed by atoms with E-state index in [0.717, 1.165) is 23.3 Å². The first-order valence-corrected chi connectivity index (χ1v) is 5.17. The van der Waals surface area contributed by atoms with Gasteiger partial charge in [-0.25, -0.2) is 0 Å². The molecule has 0 amide bonds. The van der Waals surface area contributed by atoms with E-state index in [4.69, 9.17) is 4.74 Å². The van der Waals surface area contributed by atoms with E-state index in [-0.39, 0.29) is 0 Å². The quantitative estimate of drug-likeness (QED) is 0.592. The molecule has 0 fully saturated rings. The third-order valence-corrected chi connectivity index (χ3v) is 2.20. The molecule has 2 nitrogen and oxygen atoms in total. The van der Waals surface area contributed by atoms with Gasteiger partial charge in [-0.15, -0.1) is 6.58 Å². The molecule has 0 unspecified atom stereocenters. The minimum atomic E-state index is -0.496. The van der Waals surface area contributed by atoms with E-state index in [2.05, 4.69) is 6.58 Å². The second kappa shape index (κ2) is 5.56. The summed E-state index contributed by atoms with van der Waals surface area (Å²) in [6, 6.07) is 5.83. The molecule has 1 aromatic rings. The first-order valence-electron chi connectivity index (χ1n) is 5.17. The van der Waals surface area contributed by atoms with Gasteiger partial charge in [-0.05, 0) is 31.9 Å². The van der Waals surface area contributed by atoms with Gasteiger partial charge in [0.15, 0.2) is 0 Å². The average Bonchev–Trinajstić information content (AvgIpc) is 2.18. The van der Waals surface area contributed by atoms with Gasteiger partial charge in [0.1, 0.15) is 5.75 Å². The van der Waals surface area contributed by atoms with Gasteiger partial charge in [-0.3, -0.25) is 0 Å². The van der Waals surface area contributed by atoms with Crippen LogP contribution in [0.5, 0.6) is 5.75 Å². The maximum absolute atomic E-state index is 9.55. The van der Waals surface area contributed by atoms with Crippen LogP contribution in [0.1, 0.15) is 30.6 Å². The zero-order valence-corrected chi connectivity index (χ0v) is 9.36. The maximum atomic E-state index is 9.55. The summed E-state index contributed by atoms with van der Waals surface area (Å²) in [5.41, 5.74) is 1.97. The first-order chi connectivity index (χ1) is 7.15. The predicted molar refractivity (Wildman–Crippen MR) is 62.1 cm³/mol. The molecule has 0 bridgehead atoms. The number of hydrogen-bond donors (Lipinski definition) is 1. The molecule has 0 saturated carbocycles. The molecule has 0 saturated heterocycles. The van der Waals surface area contributed by atoms with E-state index >= 15 is 0 Å². The van der Waals surface area contributed by atoms with Crippen LogP contribution in [0.2, 0.25) is 0 Å². The molecule has 0 heterocycles. The Morgan fingerprint density at radius 3 is 2.87 bits per heavy atom. The lowest BCUT2D eigenvalue weighted by Gasteiger charge is -2.13. The molecule has 0 aromatic heterocycles. The highest BCUT2D eigenvalue weighted by atomic mass is 16.5. The molecule has 0 spiro atoms. The first kappa shape index (κ1) is 11.8. The van der Waals surface area contributed by atoms with Crippen LogP contribution in [0.3, 0.4) is 0 Å². The topological polar surface area (TPSA) is 29.5 Å². The summed E-state index contributed by atoms with van der Waals surface area (Å²) in [5.74, 6) is 0.770. The summed E-state index contributed by atoms with van der Waals surface area (Å²) < 4.78 is 5.59. The Morgan fingerprint density at radius 1 is 1.53 bits per heavy atom. The maximum Gasteiger partial charge on any atom is 0.125 e. The summed E-state index contributed by atoms with van der Waals surface area (Å²) >= 11 is 0. The number of aliphatic hydroxyl groups is 1. The fourth-order valence-corrected chi connectivity index (χ4v) is 1.36. The Morgan fingerprint density at radius 2 is 2.27 bits per heavy atom. The number of hydrogen-bond acceptors (Lipinski definition) is 2. The monoisotopic (exact) mass is 206 g/mol.